The van der Waals surface area contributed by atoms with Crippen molar-refractivity contribution in [3.05, 3.63) is 234 Å². The summed E-state index contributed by atoms with van der Waals surface area (Å²) in [5.74, 6) is -0.652. The molecule has 0 saturated carbocycles. The molecule has 0 fully saturated rings. The Bertz CT molecular complexity index is 4710. The molecule has 0 aliphatic carbocycles. The first kappa shape index (κ1) is 58.4. The van der Waals surface area contributed by atoms with E-state index in [1.54, 1.807) is 108 Å². The summed E-state index contributed by atoms with van der Waals surface area (Å²) < 4.78 is 220. The van der Waals surface area contributed by atoms with Gasteiger partial charge in [0, 0.05) is 50.4 Å². The fraction of sp³-hybridized carbons (Fsp3) is 0.0909. The molecule has 0 spiro atoms. The Morgan fingerprint density at radius 3 is 0.811 bits per heavy atom. The lowest BCUT2D eigenvalue weighted by molar-refractivity contribution is -0.144. The van der Waals surface area contributed by atoms with Crippen LogP contribution < -0.4 is 0 Å². The smallest absolute Gasteiger partial charge is 0.292 e. The van der Waals surface area contributed by atoms with Crippen molar-refractivity contribution in [3.63, 3.8) is 0 Å². The molecule has 24 heteroatoms. The molecule has 0 atom stereocenters. The normalized spacial score (nSPS) is 12.7. The van der Waals surface area contributed by atoms with Crippen LogP contribution in [0.5, 0.6) is 0 Å². The van der Waals surface area contributed by atoms with E-state index in [1.807, 2.05) is 0 Å². The largest absolute Gasteiger partial charge is 0.416 e. The van der Waals surface area contributed by atoms with Gasteiger partial charge in [0.25, 0.3) is 0 Å². The van der Waals surface area contributed by atoms with Gasteiger partial charge in [-0.3, -0.25) is 13.7 Å². The molecule has 90 heavy (non-hydrogen) atoms. The number of nitrogens with zero attached hydrogens (tertiary/aromatic N) is 9. The van der Waals surface area contributed by atoms with Crippen molar-refractivity contribution in [1.29, 1.82) is 0 Å². The Labute approximate surface area is 497 Å². The van der Waals surface area contributed by atoms with Crippen molar-refractivity contribution in [2.24, 2.45) is 0 Å². The van der Waals surface area contributed by atoms with Crippen LogP contribution in [0.4, 0.5) is 65.9 Å². The number of aryl methyl sites for hydroxylation is 1. The SMILES string of the molecule is Cc1cc(-c2nc3ccccc3n2-c2cccc(-c3nc(-c4cccc(-n5c(-c6cc(C(F)(F)F)cc(C(F)(F)F)c6)nc6ccccc65)c4)nc(-c4cccc(-n5c(-c6cc(C(F)(F)F)cc(C(F)(F)F)c6)nc6ccccc65)c4)n3)c2)cc(C(F)(F)F)c1. The highest BCUT2D eigenvalue weighted by atomic mass is 19.4. The second-order valence-electron chi connectivity index (χ2n) is 20.9. The molecule has 0 aliphatic rings. The molecule has 9 nitrogen and oxygen atoms in total. The number of imidazole rings is 3. The Kier molecular flexibility index (Phi) is 13.8. The van der Waals surface area contributed by atoms with Crippen molar-refractivity contribution in [1.82, 2.24) is 43.6 Å². The van der Waals surface area contributed by atoms with Crippen LogP contribution in [0, 0.1) is 6.92 Å². The molecule has 13 rings (SSSR count). The number of alkyl halides is 15. The summed E-state index contributed by atoms with van der Waals surface area (Å²) in [6, 6.07) is 44.1. The molecular weight excluding hydrogens is 1200 g/mol. The lowest BCUT2D eigenvalue weighted by Gasteiger charge is -2.16. The minimum Gasteiger partial charge on any atom is -0.292 e. The number of aromatic nitrogens is 9. The number of rotatable bonds is 9. The molecule has 0 unspecified atom stereocenters. The summed E-state index contributed by atoms with van der Waals surface area (Å²) in [7, 11) is 0. The third kappa shape index (κ3) is 11.0. The Hall–Kier alpha value is -10.7. The average molecular weight is 1240 g/mol. The second-order valence-corrected chi connectivity index (χ2v) is 20.9. The van der Waals surface area contributed by atoms with Gasteiger partial charge in [-0.1, -0.05) is 72.8 Å². The van der Waals surface area contributed by atoms with E-state index in [0.717, 1.165) is 12.1 Å². The number of hydrogen-bond acceptors (Lipinski definition) is 6. The summed E-state index contributed by atoms with van der Waals surface area (Å²) >= 11 is 0. The van der Waals surface area contributed by atoms with E-state index < -0.39 is 69.8 Å². The van der Waals surface area contributed by atoms with E-state index in [-0.39, 0.29) is 103 Å². The molecule has 0 bridgehead atoms. The summed E-state index contributed by atoms with van der Waals surface area (Å²) in [6.07, 6.45) is -25.5. The first-order chi connectivity index (χ1) is 42.6. The Balaban J connectivity index is 1.02. The van der Waals surface area contributed by atoms with E-state index in [2.05, 4.69) is 9.97 Å². The Morgan fingerprint density at radius 2 is 0.522 bits per heavy atom. The molecule has 9 aromatic carbocycles. The fourth-order valence-corrected chi connectivity index (χ4v) is 10.8. The highest BCUT2D eigenvalue weighted by Crippen LogP contribution is 2.44. The molecule has 0 saturated heterocycles. The number of halogens is 15. The van der Waals surface area contributed by atoms with Crippen LogP contribution in [0.25, 0.3) is 118 Å². The Morgan fingerprint density at radius 1 is 0.256 bits per heavy atom. The predicted octanol–water partition coefficient (Wildman–Crippen LogP) is 19.3. The lowest BCUT2D eigenvalue weighted by atomic mass is 10.0. The van der Waals surface area contributed by atoms with Crippen molar-refractivity contribution >= 4 is 33.1 Å². The minimum atomic E-state index is -5.20. The molecule has 0 radical (unpaired) electrons. The van der Waals surface area contributed by atoms with Gasteiger partial charge in [0.2, 0.25) is 0 Å². The molecule has 450 valence electrons. The highest BCUT2D eigenvalue weighted by Gasteiger charge is 2.40. The molecular formula is C66H36F15N9. The third-order valence-corrected chi connectivity index (χ3v) is 14.8. The van der Waals surface area contributed by atoms with E-state index in [1.165, 1.54) is 64.6 Å². The molecule has 0 N–H and O–H groups in total. The predicted molar refractivity (Wildman–Crippen MR) is 306 cm³/mol. The molecule has 13 aromatic rings. The number of hydrogen-bond donors (Lipinski definition) is 0. The first-order valence-corrected chi connectivity index (χ1v) is 26.9. The van der Waals surface area contributed by atoms with Gasteiger partial charge < -0.3 is 0 Å². The maximum absolute atomic E-state index is 14.4. The lowest BCUT2D eigenvalue weighted by Crippen LogP contribution is -2.11. The topological polar surface area (TPSA) is 92.1 Å². The van der Waals surface area contributed by atoms with E-state index in [4.69, 9.17) is 19.9 Å². The van der Waals surface area contributed by atoms with E-state index in [9.17, 15) is 65.9 Å². The van der Waals surface area contributed by atoms with E-state index in [0.29, 0.717) is 46.5 Å². The fourth-order valence-electron chi connectivity index (χ4n) is 10.8. The first-order valence-electron chi connectivity index (χ1n) is 26.9. The number of fused-ring (bicyclic) bond motifs is 3. The minimum absolute atomic E-state index is 0.00609. The monoisotopic (exact) mass is 1240 g/mol. The van der Waals surface area contributed by atoms with Crippen LogP contribution in [-0.4, -0.2) is 43.6 Å². The van der Waals surface area contributed by atoms with Crippen LogP contribution in [-0.2, 0) is 30.9 Å². The second kappa shape index (κ2) is 21.3. The van der Waals surface area contributed by atoms with Crippen molar-refractivity contribution in [2.45, 2.75) is 37.8 Å². The summed E-state index contributed by atoms with van der Waals surface area (Å²) in [5, 5.41) is 0. The van der Waals surface area contributed by atoms with Crippen molar-refractivity contribution < 1.29 is 65.9 Å². The molecule has 4 aromatic heterocycles. The van der Waals surface area contributed by atoms with Gasteiger partial charge in [0.1, 0.15) is 17.5 Å². The quantitative estimate of drug-likeness (QED) is 0.134. The summed E-state index contributed by atoms with van der Waals surface area (Å²) in [4.78, 5) is 28.6. The molecule has 4 heterocycles. The highest BCUT2D eigenvalue weighted by molar-refractivity contribution is 5.87. The van der Waals surface area contributed by atoms with Gasteiger partial charge in [-0.2, -0.15) is 65.9 Å². The van der Waals surface area contributed by atoms with Crippen LogP contribution >= 0.6 is 0 Å². The van der Waals surface area contributed by atoms with Crippen molar-refractivity contribution in [2.75, 3.05) is 0 Å². The van der Waals surface area contributed by atoms with E-state index >= 15 is 0 Å². The number of benzene rings is 9. The number of para-hydroxylation sites is 6. The molecule has 0 aliphatic heterocycles. The van der Waals surface area contributed by atoms with Gasteiger partial charge in [0.05, 0.1) is 60.9 Å². The maximum atomic E-state index is 14.4. The van der Waals surface area contributed by atoms with Gasteiger partial charge in [0.15, 0.2) is 17.5 Å². The zero-order valence-electron chi connectivity index (χ0n) is 45.7. The molecule has 0 amide bonds. The maximum Gasteiger partial charge on any atom is 0.416 e. The summed E-state index contributed by atoms with van der Waals surface area (Å²) in [6.45, 7) is 1.52. The van der Waals surface area contributed by atoms with Crippen LogP contribution in [0.2, 0.25) is 0 Å². The van der Waals surface area contributed by atoms with Gasteiger partial charge in [-0.15, -0.1) is 0 Å². The van der Waals surface area contributed by atoms with Crippen LogP contribution in [0.1, 0.15) is 33.4 Å². The standard InChI is InChI=1S/C66H36F15N9/c1-35-23-39(25-42(24-35)62(67,68)69)59-82-50-17-2-5-20-53(50)88(59)47-14-8-11-36(30-47)56-85-57(37-12-9-15-48(31-37)89-54-21-6-3-18-51(54)83-60(89)40-26-43(63(70,71)72)33-44(27-40)64(73,74)75)87-58(86-56)38-13-10-16-49(32-38)90-55-22-7-4-19-52(55)84-61(90)41-28-45(65(76,77)78)34-46(29-41)66(79,80)81/h2-34H,1H3. The zero-order chi connectivity index (χ0) is 63.4. The zero-order valence-corrected chi connectivity index (χ0v) is 45.7. The average Bonchev–Trinajstić information content (AvgIpc) is 1.57. The summed E-state index contributed by atoms with van der Waals surface area (Å²) in [5.41, 5.74) is -4.54. The van der Waals surface area contributed by atoms with Crippen LogP contribution in [0.15, 0.2) is 200 Å². The van der Waals surface area contributed by atoms with Gasteiger partial charge >= 0.3 is 30.9 Å². The van der Waals surface area contributed by atoms with Crippen molar-refractivity contribution in [3.8, 4) is 85.4 Å². The van der Waals surface area contributed by atoms with Gasteiger partial charge in [-0.05, 0) is 140 Å². The van der Waals surface area contributed by atoms with Gasteiger partial charge in [-0.25, -0.2) is 29.9 Å². The third-order valence-electron chi connectivity index (χ3n) is 14.8. The van der Waals surface area contributed by atoms with Crippen LogP contribution in [0.3, 0.4) is 0 Å².